The number of nitrogens with zero attached hydrogens (tertiary/aromatic N) is 6. The van der Waals surface area contributed by atoms with Crippen molar-refractivity contribution in [1.82, 2.24) is 43.5 Å². The number of fused-ring (bicyclic) bond motifs is 2. The Kier molecular flexibility index (Phi) is 4.39. The van der Waals surface area contributed by atoms with Crippen molar-refractivity contribution in [3.05, 3.63) is 53.3 Å². The number of aryl methyl sites for hydroxylation is 2. The molecule has 3 N–H and O–H groups in total. The molecule has 0 aromatic carbocycles. The quantitative estimate of drug-likeness (QED) is 0.310. The number of rotatable bonds is 2. The van der Waals surface area contributed by atoms with Crippen LogP contribution in [0.15, 0.2) is 19.2 Å². The van der Waals surface area contributed by atoms with Crippen LogP contribution in [0.4, 0.5) is 0 Å². The molecule has 14 heteroatoms. The molecule has 2 atom stereocenters. The highest BCUT2D eigenvalue weighted by molar-refractivity contribution is 5.81. The van der Waals surface area contributed by atoms with E-state index in [9.17, 15) is 24.0 Å². The van der Waals surface area contributed by atoms with E-state index < -0.39 is 34.6 Å². The summed E-state index contributed by atoms with van der Waals surface area (Å²) in [6.45, 7) is 0. The van der Waals surface area contributed by atoms with E-state index in [2.05, 4.69) is 25.3 Å². The van der Waals surface area contributed by atoms with Gasteiger partial charge in [-0.3, -0.25) is 38.0 Å². The first-order valence-electron chi connectivity index (χ1n) is 10.2. The third-order valence-electron chi connectivity index (χ3n) is 6.15. The molecule has 1 aliphatic heterocycles. The summed E-state index contributed by atoms with van der Waals surface area (Å²) in [5, 5.41) is 3.27. The summed E-state index contributed by atoms with van der Waals surface area (Å²) >= 11 is 0. The lowest BCUT2D eigenvalue weighted by molar-refractivity contribution is -0.121. The SMILES string of the molecule is Cn1c(=O)c2[nH]c([C@H]3CC(=O)C[C@H](c4nc5c([nH]4)c(=O)n(C)c(=O)n5C)N3)nc2n(C)c1=O. The van der Waals surface area contributed by atoms with Crippen molar-refractivity contribution >= 4 is 28.1 Å². The van der Waals surface area contributed by atoms with Crippen LogP contribution >= 0.6 is 0 Å². The smallest absolute Gasteiger partial charge is 0.332 e. The second-order valence-electron chi connectivity index (χ2n) is 8.27. The highest BCUT2D eigenvalue weighted by atomic mass is 16.2. The van der Waals surface area contributed by atoms with Crippen LogP contribution in [-0.4, -0.2) is 44.0 Å². The van der Waals surface area contributed by atoms with Gasteiger partial charge in [-0.25, -0.2) is 19.6 Å². The lowest BCUT2D eigenvalue weighted by atomic mass is 9.96. The number of aromatic nitrogens is 8. The van der Waals surface area contributed by atoms with Gasteiger partial charge in [-0.15, -0.1) is 0 Å². The third-order valence-corrected chi connectivity index (χ3v) is 6.15. The van der Waals surface area contributed by atoms with Gasteiger partial charge in [0, 0.05) is 41.0 Å². The molecule has 0 saturated carbocycles. The average molecular weight is 455 g/mol. The first-order chi connectivity index (χ1) is 15.6. The van der Waals surface area contributed by atoms with Gasteiger partial charge in [0.05, 0.1) is 12.1 Å². The largest absolute Gasteiger partial charge is 0.335 e. The summed E-state index contributed by atoms with van der Waals surface area (Å²) < 4.78 is 4.47. The highest BCUT2D eigenvalue weighted by Crippen LogP contribution is 2.29. The number of piperidine rings is 1. The summed E-state index contributed by atoms with van der Waals surface area (Å²) in [7, 11) is 5.77. The topological polar surface area (TPSA) is 174 Å². The predicted molar refractivity (Wildman–Crippen MR) is 116 cm³/mol. The molecule has 4 aromatic rings. The van der Waals surface area contributed by atoms with E-state index in [1.807, 2.05) is 0 Å². The molecule has 33 heavy (non-hydrogen) atoms. The number of hydrogen-bond donors (Lipinski definition) is 3. The van der Waals surface area contributed by atoms with E-state index in [1.165, 1.54) is 37.3 Å². The van der Waals surface area contributed by atoms with Gasteiger partial charge in [0.1, 0.15) is 28.5 Å². The molecule has 0 aliphatic carbocycles. The number of aromatic amines is 2. The van der Waals surface area contributed by atoms with Gasteiger partial charge >= 0.3 is 11.4 Å². The van der Waals surface area contributed by atoms with Crippen molar-refractivity contribution in [2.75, 3.05) is 0 Å². The molecule has 5 rings (SSSR count). The molecule has 1 saturated heterocycles. The number of Topliss-reactive ketones (excluding diaryl/α,β-unsaturated/α-hetero) is 1. The fourth-order valence-electron chi connectivity index (χ4n) is 4.27. The van der Waals surface area contributed by atoms with Crippen molar-refractivity contribution in [3.8, 4) is 0 Å². The number of ketones is 1. The van der Waals surface area contributed by atoms with E-state index in [1.54, 1.807) is 0 Å². The monoisotopic (exact) mass is 455 g/mol. The Balaban J connectivity index is 1.58. The Morgan fingerprint density at radius 1 is 0.667 bits per heavy atom. The molecule has 0 bridgehead atoms. The minimum atomic E-state index is -0.580. The first-order valence-corrected chi connectivity index (χ1v) is 10.2. The van der Waals surface area contributed by atoms with Crippen LogP contribution in [0, 0.1) is 0 Å². The van der Waals surface area contributed by atoms with Crippen LogP contribution in [0.3, 0.4) is 0 Å². The molecule has 1 aliphatic rings. The maximum Gasteiger partial charge on any atom is 0.332 e. The zero-order valence-electron chi connectivity index (χ0n) is 18.3. The summed E-state index contributed by atoms with van der Waals surface area (Å²) in [5.74, 6) is 0.592. The zero-order chi connectivity index (χ0) is 23.8. The molecule has 0 amide bonds. The Labute approximate surface area is 183 Å². The van der Waals surface area contributed by atoms with Crippen molar-refractivity contribution in [1.29, 1.82) is 0 Å². The minimum absolute atomic E-state index is 0.0757. The van der Waals surface area contributed by atoms with Crippen LogP contribution in [0.2, 0.25) is 0 Å². The van der Waals surface area contributed by atoms with Crippen molar-refractivity contribution in [2.45, 2.75) is 24.9 Å². The second-order valence-corrected chi connectivity index (χ2v) is 8.27. The second kappa shape index (κ2) is 6.96. The molecular formula is C19H21N9O5. The van der Waals surface area contributed by atoms with Crippen molar-refractivity contribution in [3.63, 3.8) is 0 Å². The van der Waals surface area contributed by atoms with Crippen molar-refractivity contribution < 1.29 is 4.79 Å². The summed E-state index contributed by atoms with van der Waals surface area (Å²) in [4.78, 5) is 76.7. The van der Waals surface area contributed by atoms with Crippen LogP contribution in [0.5, 0.6) is 0 Å². The first kappa shape index (κ1) is 20.8. The Hall–Kier alpha value is -4.07. The fraction of sp³-hybridized carbons (Fsp3) is 0.421. The Bertz CT molecular complexity index is 1590. The van der Waals surface area contributed by atoms with Gasteiger partial charge in [0.15, 0.2) is 11.3 Å². The van der Waals surface area contributed by atoms with Crippen LogP contribution in [0.1, 0.15) is 36.6 Å². The summed E-state index contributed by atoms with van der Waals surface area (Å²) in [5.41, 5.74) is -1.34. The summed E-state index contributed by atoms with van der Waals surface area (Å²) in [6.07, 6.45) is 0.232. The molecular weight excluding hydrogens is 434 g/mol. The molecule has 0 spiro atoms. The van der Waals surface area contributed by atoms with Crippen LogP contribution in [0.25, 0.3) is 22.3 Å². The lowest BCUT2D eigenvalue weighted by Gasteiger charge is -2.27. The Morgan fingerprint density at radius 2 is 1.06 bits per heavy atom. The standard InChI is InChI=1S/C19H21N9O5/c1-25-14-10(16(30)27(3)18(25)32)21-12(23-14)8-5-7(29)6-9(20-8)13-22-11-15(24-13)26(2)19(33)28(4)17(11)31/h8-9,20H,5-6H2,1-4H3,(H,21,23)(H,22,24)/t8-,9-/m1/s1. The Morgan fingerprint density at radius 3 is 1.45 bits per heavy atom. The molecule has 14 nitrogen and oxygen atoms in total. The van der Waals surface area contributed by atoms with Crippen LogP contribution in [-0.2, 0) is 33.0 Å². The molecule has 0 radical (unpaired) electrons. The van der Waals surface area contributed by atoms with E-state index in [0.29, 0.717) is 11.6 Å². The van der Waals surface area contributed by atoms with Gasteiger partial charge in [-0.05, 0) is 0 Å². The normalized spacial score (nSPS) is 19.1. The maximum atomic E-state index is 12.6. The minimum Gasteiger partial charge on any atom is -0.335 e. The van der Waals surface area contributed by atoms with E-state index in [-0.39, 0.29) is 41.0 Å². The molecule has 0 unspecified atom stereocenters. The van der Waals surface area contributed by atoms with Crippen molar-refractivity contribution in [2.24, 2.45) is 28.2 Å². The molecule has 172 valence electrons. The number of H-pyrrole nitrogens is 2. The molecule has 1 fully saturated rings. The van der Waals surface area contributed by atoms with Gasteiger partial charge in [0.2, 0.25) is 0 Å². The number of nitrogens with one attached hydrogen (secondary N) is 3. The van der Waals surface area contributed by atoms with E-state index in [4.69, 9.17) is 0 Å². The van der Waals surface area contributed by atoms with Gasteiger partial charge < -0.3 is 9.97 Å². The molecule has 5 heterocycles. The van der Waals surface area contributed by atoms with E-state index in [0.717, 1.165) is 9.13 Å². The summed E-state index contributed by atoms with van der Waals surface area (Å²) in [6, 6.07) is -1.16. The van der Waals surface area contributed by atoms with Gasteiger partial charge in [-0.2, -0.15) is 0 Å². The number of hydrogen-bond acceptors (Lipinski definition) is 8. The number of carbonyl (C=O) groups is 1. The highest BCUT2D eigenvalue weighted by Gasteiger charge is 2.33. The molecule has 4 aromatic heterocycles. The third kappa shape index (κ3) is 2.94. The van der Waals surface area contributed by atoms with Gasteiger partial charge in [0.25, 0.3) is 11.1 Å². The van der Waals surface area contributed by atoms with Gasteiger partial charge in [-0.1, -0.05) is 0 Å². The van der Waals surface area contributed by atoms with E-state index >= 15 is 0 Å². The fourth-order valence-corrected chi connectivity index (χ4v) is 4.27. The number of imidazole rings is 2. The predicted octanol–water partition coefficient (Wildman–Crippen LogP) is -2.03. The van der Waals surface area contributed by atoms with Crippen LogP contribution < -0.4 is 27.8 Å². The maximum absolute atomic E-state index is 12.6. The zero-order valence-corrected chi connectivity index (χ0v) is 18.3. The lowest BCUT2D eigenvalue weighted by Crippen LogP contribution is -2.37. The average Bonchev–Trinajstić information content (AvgIpc) is 3.44. The number of carbonyl (C=O) groups excluding carboxylic acids is 1.